The van der Waals surface area contributed by atoms with E-state index in [2.05, 4.69) is 20.6 Å². The Morgan fingerprint density at radius 3 is 2.68 bits per heavy atom. The maximum Gasteiger partial charge on any atom is 0.412 e. The predicted octanol–water partition coefficient (Wildman–Crippen LogP) is 2.38. The SMILES string of the molecule is O=CC1Nc2cc([N+](=O)[O-])c(-n3cnc(COC(=O)Nc4cccc(C(=O)O)c4)c3)cc2N=C1C(=O)O. The summed E-state index contributed by atoms with van der Waals surface area (Å²) in [4.78, 5) is 64.8. The van der Waals surface area contributed by atoms with Crippen molar-refractivity contribution in [2.75, 3.05) is 10.6 Å². The van der Waals surface area contributed by atoms with E-state index in [-0.39, 0.29) is 46.3 Å². The van der Waals surface area contributed by atoms with Crippen LogP contribution in [0.4, 0.5) is 27.5 Å². The Kier molecular flexibility index (Phi) is 6.59. The largest absolute Gasteiger partial charge is 0.478 e. The molecule has 1 amide bonds. The molecule has 188 valence electrons. The lowest BCUT2D eigenvalue weighted by Gasteiger charge is -2.21. The molecule has 0 aliphatic carbocycles. The Balaban J connectivity index is 1.53. The number of aliphatic carboxylic acids is 1. The summed E-state index contributed by atoms with van der Waals surface area (Å²) >= 11 is 0. The molecule has 3 aromatic rings. The smallest absolute Gasteiger partial charge is 0.412 e. The number of carboxylic acid groups (broad SMARTS) is 2. The lowest BCUT2D eigenvalue weighted by Crippen LogP contribution is -2.38. The first-order valence-corrected chi connectivity index (χ1v) is 10.3. The summed E-state index contributed by atoms with van der Waals surface area (Å²) in [5.74, 6) is -2.59. The summed E-state index contributed by atoms with van der Waals surface area (Å²) in [7, 11) is 0. The van der Waals surface area contributed by atoms with Crippen LogP contribution in [0.3, 0.4) is 0 Å². The molecule has 2 heterocycles. The topological polar surface area (TPSA) is 215 Å². The summed E-state index contributed by atoms with van der Waals surface area (Å²) < 4.78 is 6.35. The fourth-order valence-corrected chi connectivity index (χ4v) is 3.43. The van der Waals surface area contributed by atoms with Gasteiger partial charge in [0.1, 0.15) is 24.6 Å². The molecule has 0 spiro atoms. The number of aromatic nitrogens is 2. The quantitative estimate of drug-likeness (QED) is 0.197. The molecule has 37 heavy (non-hydrogen) atoms. The standard InChI is InChI=1S/C22H16N6O9/c29-8-16-19(21(32)33)26-15-5-17(18(28(35)36)6-14(15)25-16)27-7-13(23-10-27)9-37-22(34)24-12-3-1-2-11(4-12)20(30)31/h1-8,10,16,25H,9H2,(H,24,34)(H,30,31)(H,32,33). The van der Waals surface area contributed by atoms with E-state index in [1.54, 1.807) is 0 Å². The predicted molar refractivity (Wildman–Crippen MR) is 126 cm³/mol. The van der Waals surface area contributed by atoms with Crippen LogP contribution in [0.5, 0.6) is 0 Å². The van der Waals surface area contributed by atoms with Gasteiger partial charge in [-0.15, -0.1) is 0 Å². The molecule has 1 unspecified atom stereocenters. The number of hydrogen-bond donors (Lipinski definition) is 4. The van der Waals surface area contributed by atoms with E-state index in [1.807, 2.05) is 0 Å². The number of nitro groups is 1. The van der Waals surface area contributed by atoms with Crippen molar-refractivity contribution < 1.29 is 39.1 Å². The molecule has 0 fully saturated rings. The molecule has 1 atom stereocenters. The second kappa shape index (κ2) is 9.95. The Hall–Kier alpha value is -5.60. The summed E-state index contributed by atoms with van der Waals surface area (Å²) in [6, 6.07) is 6.64. The third-order valence-corrected chi connectivity index (χ3v) is 5.11. The molecular weight excluding hydrogens is 492 g/mol. The van der Waals surface area contributed by atoms with Crippen LogP contribution < -0.4 is 10.6 Å². The van der Waals surface area contributed by atoms with Crippen LogP contribution in [0.1, 0.15) is 16.1 Å². The highest BCUT2D eigenvalue weighted by Crippen LogP contribution is 2.38. The highest BCUT2D eigenvalue weighted by atomic mass is 16.6. The van der Waals surface area contributed by atoms with E-state index in [0.29, 0.717) is 6.29 Å². The first-order valence-electron chi connectivity index (χ1n) is 10.3. The Morgan fingerprint density at radius 2 is 2.00 bits per heavy atom. The molecule has 0 bridgehead atoms. The lowest BCUT2D eigenvalue weighted by atomic mass is 10.1. The highest BCUT2D eigenvalue weighted by molar-refractivity contribution is 6.42. The van der Waals surface area contributed by atoms with E-state index in [0.717, 1.165) is 6.07 Å². The van der Waals surface area contributed by atoms with Gasteiger partial charge in [0, 0.05) is 18.0 Å². The minimum atomic E-state index is -1.43. The van der Waals surface area contributed by atoms with Crippen molar-refractivity contribution in [2.45, 2.75) is 12.6 Å². The number of aromatic carboxylic acids is 1. The van der Waals surface area contributed by atoms with Gasteiger partial charge in [0.2, 0.25) is 0 Å². The fraction of sp³-hybridized carbons (Fsp3) is 0.0909. The Bertz CT molecular complexity index is 1480. The van der Waals surface area contributed by atoms with Crippen LogP contribution in [-0.4, -0.2) is 60.8 Å². The summed E-state index contributed by atoms with van der Waals surface area (Å²) in [6.45, 7) is -0.319. The van der Waals surface area contributed by atoms with Crippen LogP contribution in [0.2, 0.25) is 0 Å². The number of anilines is 2. The monoisotopic (exact) mass is 508 g/mol. The number of benzene rings is 2. The number of nitro benzene ring substituents is 1. The molecule has 2 aromatic carbocycles. The maximum atomic E-state index is 12.1. The van der Waals surface area contributed by atoms with Gasteiger partial charge in [0.05, 0.1) is 33.9 Å². The molecule has 0 saturated heterocycles. The zero-order chi connectivity index (χ0) is 26.7. The van der Waals surface area contributed by atoms with Gasteiger partial charge in [0.25, 0.3) is 5.69 Å². The number of aliphatic imine (C=N–C) groups is 1. The van der Waals surface area contributed by atoms with Gasteiger partial charge in [-0.25, -0.2) is 24.4 Å². The number of nitrogens with zero attached hydrogens (tertiary/aromatic N) is 4. The van der Waals surface area contributed by atoms with Gasteiger partial charge >= 0.3 is 18.0 Å². The third-order valence-electron chi connectivity index (χ3n) is 5.11. The van der Waals surface area contributed by atoms with E-state index < -0.39 is 34.7 Å². The molecule has 4 rings (SSSR count). The first kappa shape index (κ1) is 24.5. The van der Waals surface area contributed by atoms with E-state index in [4.69, 9.17) is 9.84 Å². The van der Waals surface area contributed by atoms with Gasteiger partial charge in [0.15, 0.2) is 5.71 Å². The second-order valence-corrected chi connectivity index (χ2v) is 7.53. The van der Waals surface area contributed by atoms with Crippen molar-refractivity contribution in [1.82, 2.24) is 9.55 Å². The molecule has 1 aliphatic rings. The molecule has 15 nitrogen and oxygen atoms in total. The molecule has 0 radical (unpaired) electrons. The zero-order valence-corrected chi connectivity index (χ0v) is 18.5. The Morgan fingerprint density at radius 1 is 1.22 bits per heavy atom. The van der Waals surface area contributed by atoms with Gasteiger partial charge < -0.3 is 25.1 Å². The fourth-order valence-electron chi connectivity index (χ4n) is 3.43. The number of fused-ring (bicyclic) bond motifs is 1. The van der Waals surface area contributed by atoms with Gasteiger partial charge in [-0.05, 0) is 24.3 Å². The number of carbonyl (C=O) groups is 4. The van der Waals surface area contributed by atoms with E-state index in [9.17, 15) is 34.4 Å². The third kappa shape index (κ3) is 5.24. The van der Waals surface area contributed by atoms with Crippen molar-refractivity contribution in [3.05, 3.63) is 70.3 Å². The van der Waals surface area contributed by atoms with Crippen LogP contribution >= 0.6 is 0 Å². The van der Waals surface area contributed by atoms with E-state index in [1.165, 1.54) is 47.4 Å². The van der Waals surface area contributed by atoms with E-state index >= 15 is 0 Å². The number of nitrogens with one attached hydrogen (secondary N) is 2. The second-order valence-electron chi connectivity index (χ2n) is 7.53. The van der Waals surface area contributed by atoms with Gasteiger partial charge in [-0.3, -0.25) is 20.0 Å². The lowest BCUT2D eigenvalue weighted by molar-refractivity contribution is -0.384. The number of imidazole rings is 1. The number of ether oxygens (including phenoxy) is 1. The average molecular weight is 508 g/mol. The summed E-state index contributed by atoms with van der Waals surface area (Å²) in [5, 5.41) is 35.0. The summed E-state index contributed by atoms with van der Waals surface area (Å²) in [5.41, 5.74) is -0.303. The van der Waals surface area contributed by atoms with Crippen molar-refractivity contribution in [2.24, 2.45) is 4.99 Å². The van der Waals surface area contributed by atoms with Crippen LogP contribution in [0, 0.1) is 10.1 Å². The number of hydrogen-bond acceptors (Lipinski definition) is 10. The van der Waals surface area contributed by atoms with Crippen molar-refractivity contribution >= 4 is 52.8 Å². The van der Waals surface area contributed by atoms with Gasteiger partial charge in [-0.1, -0.05) is 6.07 Å². The number of rotatable bonds is 8. The number of carboxylic acids is 2. The molecule has 1 aliphatic heterocycles. The van der Waals surface area contributed by atoms with Crippen molar-refractivity contribution in [1.29, 1.82) is 0 Å². The van der Waals surface area contributed by atoms with Crippen LogP contribution in [0.15, 0.2) is 53.9 Å². The molecular formula is C22H16N6O9. The minimum absolute atomic E-state index is 0.00252. The normalized spacial score (nSPS) is 13.9. The maximum absolute atomic E-state index is 12.1. The number of aldehydes is 1. The first-order chi connectivity index (χ1) is 17.7. The summed E-state index contributed by atoms with van der Waals surface area (Å²) in [6.07, 6.45) is 2.03. The van der Waals surface area contributed by atoms with Crippen molar-refractivity contribution in [3.63, 3.8) is 0 Å². The Labute approximate surface area is 206 Å². The zero-order valence-electron chi connectivity index (χ0n) is 18.5. The minimum Gasteiger partial charge on any atom is -0.478 e. The van der Waals surface area contributed by atoms with Crippen LogP contribution in [0.25, 0.3) is 5.69 Å². The van der Waals surface area contributed by atoms with Crippen LogP contribution in [-0.2, 0) is 20.9 Å². The van der Waals surface area contributed by atoms with Gasteiger partial charge in [-0.2, -0.15) is 0 Å². The molecule has 15 heteroatoms. The average Bonchev–Trinajstić information content (AvgIpc) is 3.34. The molecule has 4 N–H and O–H groups in total. The molecule has 1 aromatic heterocycles. The molecule has 0 saturated carbocycles. The number of amides is 1. The highest BCUT2D eigenvalue weighted by Gasteiger charge is 2.30. The number of carbonyl (C=O) groups excluding carboxylic acids is 2. The van der Waals surface area contributed by atoms with Crippen molar-refractivity contribution in [3.8, 4) is 5.69 Å².